The molecule has 1 saturated carbocycles. The molecule has 3 N–H and O–H groups in total. The largest absolute Gasteiger partial charge is 0.508 e. The Labute approximate surface area is 184 Å². The van der Waals surface area contributed by atoms with Gasteiger partial charge in [0, 0.05) is 12.1 Å². The minimum atomic E-state index is -0.498. The van der Waals surface area contributed by atoms with Crippen LogP contribution in [0.25, 0.3) is 0 Å². The van der Waals surface area contributed by atoms with Crippen LogP contribution in [0.2, 0.25) is 0 Å². The van der Waals surface area contributed by atoms with Crippen LogP contribution in [0, 0.1) is 5.92 Å². The second-order valence-corrected chi connectivity index (χ2v) is 8.02. The lowest BCUT2D eigenvalue weighted by Crippen LogP contribution is -2.41. The van der Waals surface area contributed by atoms with Gasteiger partial charge in [0.2, 0.25) is 11.9 Å². The van der Waals surface area contributed by atoms with E-state index in [9.17, 15) is 9.90 Å². The smallest absolute Gasteiger partial charge is 0.250 e. The number of nitrogen functional groups attached to an aromatic ring is 1. The highest BCUT2D eigenvalue weighted by Gasteiger charge is 2.45. The molecule has 0 bridgehead atoms. The van der Waals surface area contributed by atoms with E-state index in [1.54, 1.807) is 37.1 Å². The number of ketones is 1. The Bertz CT molecular complexity index is 1230. The molecule has 3 aromatic rings. The number of phenols is 1. The number of hydrogen-bond donors (Lipinski definition) is 2. The van der Waals surface area contributed by atoms with Crippen LogP contribution in [0.1, 0.15) is 35.9 Å². The second kappa shape index (κ2) is 7.67. The van der Waals surface area contributed by atoms with Crippen molar-refractivity contribution in [1.82, 2.24) is 14.8 Å². The number of nitrogens with two attached hydrogens (primary N) is 1. The van der Waals surface area contributed by atoms with Gasteiger partial charge in [-0.15, -0.1) is 5.10 Å². The second-order valence-electron chi connectivity index (χ2n) is 8.02. The number of methoxy groups -OCH3 is 2. The molecule has 1 aliphatic carbocycles. The standard InChI is InChI=1S/C23H23N5O4/c1-31-18-7-6-12(11-19(18)32-2)14-9-16-20(17(30)10-14)21(13-4-3-5-15(29)8-13)28-23(25-16)26-22(24)27-28/h3-8,11,14,20-21,29H,9-10H2,1-2H3,(H2,24,27). The number of Topliss-reactive ketones (excluding diaryl/α,β-unsaturated/α-hetero) is 1. The highest BCUT2D eigenvalue weighted by atomic mass is 16.5. The number of ether oxygens (including phenoxy) is 2. The maximum atomic E-state index is 13.5. The van der Waals surface area contributed by atoms with Crippen LogP contribution in [0.3, 0.4) is 0 Å². The maximum Gasteiger partial charge on any atom is 0.250 e. The van der Waals surface area contributed by atoms with E-state index in [4.69, 9.17) is 15.2 Å². The number of anilines is 1. The molecule has 1 aliphatic heterocycles. The molecule has 32 heavy (non-hydrogen) atoms. The van der Waals surface area contributed by atoms with Crippen molar-refractivity contribution in [2.24, 2.45) is 10.9 Å². The van der Waals surface area contributed by atoms with Crippen molar-refractivity contribution in [1.29, 1.82) is 0 Å². The summed E-state index contributed by atoms with van der Waals surface area (Å²) in [6.45, 7) is 0. The van der Waals surface area contributed by atoms with Crippen molar-refractivity contribution in [2.45, 2.75) is 24.8 Å². The number of hydrogen-bond acceptors (Lipinski definition) is 8. The summed E-state index contributed by atoms with van der Waals surface area (Å²) in [5.74, 6) is 1.35. The topological polar surface area (TPSA) is 125 Å². The molecular weight excluding hydrogens is 410 g/mol. The summed E-state index contributed by atoms with van der Waals surface area (Å²) in [4.78, 5) is 22.4. The molecule has 5 rings (SSSR count). The number of nitrogens with zero attached hydrogens (tertiary/aromatic N) is 4. The van der Waals surface area contributed by atoms with Crippen molar-refractivity contribution in [2.75, 3.05) is 20.0 Å². The maximum absolute atomic E-state index is 13.5. The predicted octanol–water partition coefficient (Wildman–Crippen LogP) is 3.02. The molecule has 2 aliphatic rings. The zero-order chi connectivity index (χ0) is 22.4. The van der Waals surface area contributed by atoms with Gasteiger partial charge < -0.3 is 20.3 Å². The average Bonchev–Trinajstić information content (AvgIpc) is 3.16. The Kier molecular flexibility index (Phi) is 4.80. The number of aliphatic imine (C=N–C) groups is 1. The zero-order valence-corrected chi connectivity index (χ0v) is 17.7. The van der Waals surface area contributed by atoms with Crippen molar-refractivity contribution in [3.63, 3.8) is 0 Å². The Hall–Kier alpha value is -3.88. The number of benzene rings is 2. The summed E-state index contributed by atoms with van der Waals surface area (Å²) in [5, 5.41) is 14.3. The quantitative estimate of drug-likeness (QED) is 0.648. The monoisotopic (exact) mass is 433 g/mol. The summed E-state index contributed by atoms with van der Waals surface area (Å²) in [6.07, 6.45) is 0.946. The van der Waals surface area contributed by atoms with Gasteiger partial charge in [0.25, 0.3) is 0 Å². The lowest BCUT2D eigenvalue weighted by atomic mass is 9.72. The number of aromatic nitrogens is 3. The lowest BCUT2D eigenvalue weighted by molar-refractivity contribution is -0.122. The van der Waals surface area contributed by atoms with Gasteiger partial charge in [-0.25, -0.2) is 9.67 Å². The number of fused-ring (bicyclic) bond motifs is 2. The highest BCUT2D eigenvalue weighted by Crippen LogP contribution is 2.45. The van der Waals surface area contributed by atoms with E-state index in [-0.39, 0.29) is 23.4 Å². The van der Waals surface area contributed by atoms with Crippen LogP contribution in [-0.2, 0) is 4.79 Å². The summed E-state index contributed by atoms with van der Waals surface area (Å²) in [5.41, 5.74) is 8.34. The van der Waals surface area contributed by atoms with E-state index >= 15 is 0 Å². The van der Waals surface area contributed by atoms with Gasteiger partial charge in [-0.05, 0) is 47.7 Å². The molecule has 0 amide bonds. The van der Waals surface area contributed by atoms with E-state index in [0.717, 1.165) is 16.8 Å². The van der Waals surface area contributed by atoms with E-state index in [1.807, 2.05) is 24.3 Å². The van der Waals surface area contributed by atoms with Gasteiger partial charge in [0.05, 0.1) is 26.2 Å². The van der Waals surface area contributed by atoms with E-state index in [0.29, 0.717) is 30.3 Å². The van der Waals surface area contributed by atoms with Crippen LogP contribution in [0.4, 0.5) is 11.9 Å². The van der Waals surface area contributed by atoms with Crippen molar-refractivity contribution >= 4 is 23.4 Å². The van der Waals surface area contributed by atoms with Crippen LogP contribution >= 0.6 is 0 Å². The number of aromatic hydroxyl groups is 1. The SMILES string of the molecule is COc1ccc(C2CC(=O)C3C(=Nc4nc(N)nn4C3c3cccc(O)c3)C2)cc1OC. The van der Waals surface area contributed by atoms with Gasteiger partial charge in [-0.3, -0.25) is 4.79 Å². The van der Waals surface area contributed by atoms with Gasteiger partial charge in [0.15, 0.2) is 11.5 Å². The minimum absolute atomic E-state index is 0.0473. The molecule has 3 unspecified atom stereocenters. The van der Waals surface area contributed by atoms with Gasteiger partial charge in [0.1, 0.15) is 11.5 Å². The first-order valence-corrected chi connectivity index (χ1v) is 10.3. The normalized spacial score (nSPS) is 22.0. The molecule has 9 nitrogen and oxygen atoms in total. The molecule has 1 fully saturated rings. The zero-order valence-electron chi connectivity index (χ0n) is 17.7. The molecule has 0 radical (unpaired) electrons. The van der Waals surface area contributed by atoms with Crippen molar-refractivity contribution in [3.8, 4) is 17.2 Å². The van der Waals surface area contributed by atoms with E-state index in [2.05, 4.69) is 15.1 Å². The molecule has 9 heteroatoms. The highest BCUT2D eigenvalue weighted by molar-refractivity contribution is 6.10. The molecule has 1 aromatic heterocycles. The molecule has 0 spiro atoms. The van der Waals surface area contributed by atoms with Crippen molar-refractivity contribution < 1.29 is 19.4 Å². The van der Waals surface area contributed by atoms with E-state index in [1.165, 1.54) is 0 Å². The lowest BCUT2D eigenvalue weighted by Gasteiger charge is -2.37. The average molecular weight is 433 g/mol. The number of carbonyl (C=O) groups excluding carboxylic acids is 1. The predicted molar refractivity (Wildman–Crippen MR) is 118 cm³/mol. The van der Waals surface area contributed by atoms with Gasteiger partial charge >= 0.3 is 0 Å². The molecular formula is C23H23N5O4. The fourth-order valence-electron chi connectivity index (χ4n) is 4.73. The van der Waals surface area contributed by atoms with Crippen LogP contribution in [-0.4, -0.2) is 45.6 Å². The number of phenolic OH excluding ortho intramolecular Hbond substituents is 1. The third-order valence-electron chi connectivity index (χ3n) is 6.15. The Balaban J connectivity index is 1.56. The molecule has 3 atom stereocenters. The first-order valence-electron chi connectivity index (χ1n) is 10.3. The summed E-state index contributed by atoms with van der Waals surface area (Å²) in [6, 6.07) is 12.1. The number of carbonyl (C=O) groups is 1. The Morgan fingerprint density at radius 2 is 1.88 bits per heavy atom. The van der Waals surface area contributed by atoms with E-state index < -0.39 is 12.0 Å². The summed E-state index contributed by atoms with van der Waals surface area (Å²) >= 11 is 0. The van der Waals surface area contributed by atoms with Crippen LogP contribution < -0.4 is 15.2 Å². The first kappa shape index (κ1) is 20.0. The molecule has 2 aromatic carbocycles. The van der Waals surface area contributed by atoms with Gasteiger partial charge in [-0.1, -0.05) is 18.2 Å². The first-order chi connectivity index (χ1) is 15.5. The number of rotatable bonds is 4. The molecule has 0 saturated heterocycles. The van der Waals surface area contributed by atoms with Gasteiger partial charge in [-0.2, -0.15) is 4.98 Å². The van der Waals surface area contributed by atoms with Crippen molar-refractivity contribution in [3.05, 3.63) is 53.6 Å². The Morgan fingerprint density at radius 3 is 2.62 bits per heavy atom. The third-order valence-corrected chi connectivity index (χ3v) is 6.15. The summed E-state index contributed by atoms with van der Waals surface area (Å²) in [7, 11) is 3.18. The molecule has 164 valence electrons. The minimum Gasteiger partial charge on any atom is -0.508 e. The van der Waals surface area contributed by atoms with Crippen LogP contribution in [0.5, 0.6) is 17.2 Å². The third kappa shape index (κ3) is 3.26. The van der Waals surface area contributed by atoms with Crippen LogP contribution in [0.15, 0.2) is 47.5 Å². The fraction of sp³-hybridized carbons (Fsp3) is 0.304. The fourth-order valence-corrected chi connectivity index (χ4v) is 4.73. The Morgan fingerprint density at radius 1 is 1.06 bits per heavy atom. The summed E-state index contributed by atoms with van der Waals surface area (Å²) < 4.78 is 12.4. The molecule has 2 heterocycles.